The van der Waals surface area contributed by atoms with Gasteiger partial charge in [-0.1, -0.05) is 6.92 Å². The second kappa shape index (κ2) is 4.77. The zero-order valence-corrected chi connectivity index (χ0v) is 8.12. The topological polar surface area (TPSA) is 63.8 Å². The summed E-state index contributed by atoms with van der Waals surface area (Å²) in [5.74, 6) is 0.326. The molecule has 1 atom stereocenters. The Morgan fingerprint density at radius 1 is 1.46 bits per heavy atom. The van der Waals surface area contributed by atoms with Crippen molar-refractivity contribution in [2.45, 2.75) is 32.9 Å². The molecule has 1 rings (SSSR count). The first-order valence-electron chi connectivity index (χ1n) is 4.52. The minimum Gasteiger partial charge on any atom is -0.368 e. The van der Waals surface area contributed by atoms with Crippen LogP contribution in [0.5, 0.6) is 0 Å². The third kappa shape index (κ3) is 3.38. The normalized spacial score (nSPS) is 12.8. The van der Waals surface area contributed by atoms with E-state index in [0.29, 0.717) is 12.0 Å². The molecule has 4 heteroatoms. The van der Waals surface area contributed by atoms with Crippen LogP contribution in [0.4, 0.5) is 5.95 Å². The lowest BCUT2D eigenvalue weighted by Gasteiger charge is -2.10. The summed E-state index contributed by atoms with van der Waals surface area (Å²) in [6.07, 6.45) is 4.62. The molecule has 0 aliphatic rings. The molecule has 13 heavy (non-hydrogen) atoms. The zero-order valence-electron chi connectivity index (χ0n) is 8.12. The van der Waals surface area contributed by atoms with Gasteiger partial charge in [-0.3, -0.25) is 0 Å². The fourth-order valence-corrected chi connectivity index (χ4v) is 0.892. The van der Waals surface area contributed by atoms with E-state index < -0.39 is 0 Å². The Balaban J connectivity index is 2.41. The molecule has 0 saturated heterocycles. The first kappa shape index (κ1) is 9.92. The molecule has 72 valence electrons. The summed E-state index contributed by atoms with van der Waals surface area (Å²) >= 11 is 0. The van der Waals surface area contributed by atoms with E-state index in [-0.39, 0.29) is 0 Å². The van der Waals surface area contributed by atoms with Crippen LogP contribution in [0.1, 0.15) is 25.8 Å². The van der Waals surface area contributed by atoms with Crippen LogP contribution in [-0.4, -0.2) is 16.0 Å². The number of nitrogens with zero attached hydrogens (tertiary/aromatic N) is 2. The van der Waals surface area contributed by atoms with E-state index in [2.05, 4.69) is 29.1 Å². The van der Waals surface area contributed by atoms with Crippen LogP contribution in [0.3, 0.4) is 0 Å². The van der Waals surface area contributed by atoms with Crippen LogP contribution in [-0.2, 0) is 6.54 Å². The van der Waals surface area contributed by atoms with E-state index in [1.54, 1.807) is 12.4 Å². The molecular weight excluding hydrogens is 164 g/mol. The molecule has 0 amide bonds. The van der Waals surface area contributed by atoms with Gasteiger partial charge in [0.05, 0.1) is 0 Å². The minimum absolute atomic E-state index is 0.326. The number of hydrogen-bond donors (Lipinski definition) is 2. The fourth-order valence-electron chi connectivity index (χ4n) is 0.892. The van der Waals surface area contributed by atoms with E-state index >= 15 is 0 Å². The maximum atomic E-state index is 5.37. The van der Waals surface area contributed by atoms with Crippen molar-refractivity contribution in [3.05, 3.63) is 18.0 Å². The number of anilines is 1. The van der Waals surface area contributed by atoms with Gasteiger partial charge in [0.1, 0.15) is 0 Å². The van der Waals surface area contributed by atoms with Gasteiger partial charge in [-0.2, -0.15) is 0 Å². The molecule has 1 aromatic rings. The van der Waals surface area contributed by atoms with Crippen molar-refractivity contribution < 1.29 is 0 Å². The first-order chi connectivity index (χ1) is 6.22. The summed E-state index contributed by atoms with van der Waals surface area (Å²) in [5.41, 5.74) is 6.43. The van der Waals surface area contributed by atoms with Crippen molar-refractivity contribution in [3.63, 3.8) is 0 Å². The number of nitrogens with two attached hydrogens (primary N) is 1. The van der Waals surface area contributed by atoms with E-state index in [4.69, 9.17) is 5.73 Å². The molecule has 0 aliphatic carbocycles. The lowest BCUT2D eigenvalue weighted by atomic mass is 10.2. The van der Waals surface area contributed by atoms with Crippen molar-refractivity contribution in [1.82, 2.24) is 15.3 Å². The molecule has 1 unspecified atom stereocenters. The molecule has 1 heterocycles. The van der Waals surface area contributed by atoms with Crippen molar-refractivity contribution in [2.75, 3.05) is 5.73 Å². The lowest BCUT2D eigenvalue weighted by Crippen LogP contribution is -2.24. The van der Waals surface area contributed by atoms with Gasteiger partial charge in [-0.15, -0.1) is 0 Å². The highest BCUT2D eigenvalue weighted by Gasteiger charge is 1.98. The van der Waals surface area contributed by atoms with Gasteiger partial charge >= 0.3 is 0 Å². The van der Waals surface area contributed by atoms with Gasteiger partial charge in [0, 0.05) is 30.5 Å². The summed E-state index contributed by atoms with van der Waals surface area (Å²) in [6, 6.07) is 0.526. The molecule has 0 radical (unpaired) electrons. The van der Waals surface area contributed by atoms with E-state index in [0.717, 1.165) is 18.5 Å². The number of rotatable bonds is 4. The van der Waals surface area contributed by atoms with Crippen molar-refractivity contribution >= 4 is 5.95 Å². The summed E-state index contributed by atoms with van der Waals surface area (Å²) in [4.78, 5) is 7.82. The molecule has 0 bridgehead atoms. The Morgan fingerprint density at radius 3 is 2.62 bits per heavy atom. The largest absolute Gasteiger partial charge is 0.368 e. The Labute approximate surface area is 78.6 Å². The summed E-state index contributed by atoms with van der Waals surface area (Å²) < 4.78 is 0. The van der Waals surface area contributed by atoms with Gasteiger partial charge in [0.15, 0.2) is 0 Å². The highest BCUT2D eigenvalue weighted by Crippen LogP contribution is 1.97. The number of hydrogen-bond acceptors (Lipinski definition) is 4. The Hall–Kier alpha value is -1.16. The van der Waals surface area contributed by atoms with Crippen LogP contribution >= 0.6 is 0 Å². The van der Waals surface area contributed by atoms with Crippen molar-refractivity contribution in [3.8, 4) is 0 Å². The van der Waals surface area contributed by atoms with E-state index in [1.807, 2.05) is 0 Å². The van der Waals surface area contributed by atoms with Gasteiger partial charge in [-0.25, -0.2) is 9.97 Å². The molecule has 0 fully saturated rings. The van der Waals surface area contributed by atoms with E-state index in [1.165, 1.54) is 0 Å². The third-order valence-corrected chi connectivity index (χ3v) is 1.99. The Kier molecular flexibility index (Phi) is 3.64. The summed E-state index contributed by atoms with van der Waals surface area (Å²) in [6.45, 7) is 5.10. The number of aromatic nitrogens is 2. The second-order valence-electron chi connectivity index (χ2n) is 3.14. The fraction of sp³-hybridized carbons (Fsp3) is 0.556. The average Bonchev–Trinajstić information content (AvgIpc) is 2.16. The lowest BCUT2D eigenvalue weighted by molar-refractivity contribution is 0.533. The molecule has 0 aliphatic heterocycles. The monoisotopic (exact) mass is 180 g/mol. The van der Waals surface area contributed by atoms with Crippen LogP contribution in [0.15, 0.2) is 12.4 Å². The van der Waals surface area contributed by atoms with Crippen LogP contribution in [0, 0.1) is 0 Å². The third-order valence-electron chi connectivity index (χ3n) is 1.99. The molecule has 0 saturated carbocycles. The molecular formula is C9H16N4. The maximum Gasteiger partial charge on any atom is 0.219 e. The molecule has 0 aromatic carbocycles. The zero-order chi connectivity index (χ0) is 9.68. The smallest absolute Gasteiger partial charge is 0.219 e. The highest BCUT2D eigenvalue weighted by molar-refractivity contribution is 5.16. The Bertz CT molecular complexity index is 244. The van der Waals surface area contributed by atoms with Gasteiger partial charge in [-0.05, 0) is 13.3 Å². The summed E-state index contributed by atoms with van der Waals surface area (Å²) in [7, 11) is 0. The molecule has 0 spiro atoms. The van der Waals surface area contributed by atoms with Crippen molar-refractivity contribution in [2.24, 2.45) is 0 Å². The van der Waals surface area contributed by atoms with Crippen LogP contribution < -0.4 is 11.1 Å². The molecule has 3 N–H and O–H groups in total. The van der Waals surface area contributed by atoms with E-state index in [9.17, 15) is 0 Å². The number of nitrogens with one attached hydrogen (secondary N) is 1. The van der Waals surface area contributed by atoms with Crippen molar-refractivity contribution in [1.29, 1.82) is 0 Å². The first-order valence-corrected chi connectivity index (χ1v) is 4.52. The van der Waals surface area contributed by atoms with Gasteiger partial charge in [0.2, 0.25) is 5.95 Å². The quantitative estimate of drug-likeness (QED) is 0.724. The van der Waals surface area contributed by atoms with Gasteiger partial charge < -0.3 is 11.1 Å². The van der Waals surface area contributed by atoms with Crippen LogP contribution in [0.25, 0.3) is 0 Å². The highest BCUT2D eigenvalue weighted by atomic mass is 15.0. The molecule has 4 nitrogen and oxygen atoms in total. The molecule has 1 aromatic heterocycles. The summed E-state index contributed by atoms with van der Waals surface area (Å²) in [5, 5.41) is 3.35. The predicted molar refractivity (Wildman–Crippen MR) is 53.0 cm³/mol. The predicted octanol–water partition coefficient (Wildman–Crippen LogP) is 0.947. The second-order valence-corrected chi connectivity index (χ2v) is 3.14. The Morgan fingerprint density at radius 2 is 2.08 bits per heavy atom. The van der Waals surface area contributed by atoms with Gasteiger partial charge in [0.25, 0.3) is 0 Å². The average molecular weight is 180 g/mol. The maximum absolute atomic E-state index is 5.37. The number of nitrogen functional groups attached to an aromatic ring is 1. The minimum atomic E-state index is 0.326. The SMILES string of the molecule is CCC(C)NCc1cnc(N)nc1. The van der Waals surface area contributed by atoms with Crippen LogP contribution in [0.2, 0.25) is 0 Å². The standard InChI is InChI=1S/C9H16N4/c1-3-7(2)11-4-8-5-12-9(10)13-6-8/h5-7,11H,3-4H2,1-2H3,(H2,10,12,13).